The third-order valence-corrected chi connectivity index (χ3v) is 4.44. The van der Waals surface area contributed by atoms with E-state index in [0.29, 0.717) is 34.3 Å². The van der Waals surface area contributed by atoms with Crippen LogP contribution in [-0.4, -0.2) is 39.7 Å². The van der Waals surface area contributed by atoms with E-state index in [-0.39, 0.29) is 17.0 Å². The average molecular weight is 394 g/mol. The van der Waals surface area contributed by atoms with E-state index in [0.717, 1.165) is 4.68 Å². The molecule has 2 heterocycles. The number of ether oxygens (including phenoxy) is 2. The summed E-state index contributed by atoms with van der Waals surface area (Å²) in [5.41, 5.74) is 0.601. The van der Waals surface area contributed by atoms with Gasteiger partial charge in [0.05, 0.1) is 31.0 Å². The van der Waals surface area contributed by atoms with Crippen molar-refractivity contribution in [3.63, 3.8) is 0 Å². The normalized spacial score (nSPS) is 11.5. The standard InChI is InChI=1S/C20H18N4O5/c1-3-29-16-8-11(4-7-15(16)25)10-21-24-19(26)18-17(23-20(24)27)13-6-5-12(28-2)9-14(13)22-18/h4-10,22,25H,3H2,1-2H3,(H,23,27)/b21-10+. The lowest BCUT2D eigenvalue weighted by molar-refractivity contribution is 0.318. The van der Waals surface area contributed by atoms with Crippen molar-refractivity contribution in [3.8, 4) is 17.2 Å². The summed E-state index contributed by atoms with van der Waals surface area (Å²) in [6, 6.07) is 9.86. The quantitative estimate of drug-likeness (QED) is 0.448. The first-order valence-electron chi connectivity index (χ1n) is 8.86. The van der Waals surface area contributed by atoms with Gasteiger partial charge in [-0.05, 0) is 42.8 Å². The van der Waals surface area contributed by atoms with Crippen molar-refractivity contribution < 1.29 is 14.6 Å². The van der Waals surface area contributed by atoms with Crippen LogP contribution in [0.2, 0.25) is 0 Å². The molecule has 2 aromatic heterocycles. The zero-order chi connectivity index (χ0) is 20.5. The molecule has 2 aromatic carbocycles. The maximum absolute atomic E-state index is 12.8. The molecule has 0 fully saturated rings. The zero-order valence-corrected chi connectivity index (χ0v) is 15.7. The molecule has 9 heteroatoms. The number of benzene rings is 2. The second-order valence-corrected chi connectivity index (χ2v) is 6.24. The molecule has 0 atom stereocenters. The minimum Gasteiger partial charge on any atom is -0.504 e. The van der Waals surface area contributed by atoms with Gasteiger partial charge in [0.25, 0.3) is 0 Å². The number of aromatic amines is 2. The summed E-state index contributed by atoms with van der Waals surface area (Å²) in [4.78, 5) is 31.0. The van der Waals surface area contributed by atoms with Crippen molar-refractivity contribution in [2.24, 2.45) is 5.10 Å². The number of hydrogen-bond acceptors (Lipinski definition) is 6. The Morgan fingerprint density at radius 1 is 1.14 bits per heavy atom. The highest BCUT2D eigenvalue weighted by Crippen LogP contribution is 2.26. The monoisotopic (exact) mass is 394 g/mol. The molecule has 9 nitrogen and oxygen atoms in total. The van der Waals surface area contributed by atoms with Gasteiger partial charge in [0, 0.05) is 11.5 Å². The van der Waals surface area contributed by atoms with Crippen LogP contribution in [0.1, 0.15) is 12.5 Å². The average Bonchev–Trinajstić information content (AvgIpc) is 3.08. The van der Waals surface area contributed by atoms with Crippen LogP contribution in [0, 0.1) is 0 Å². The number of H-pyrrole nitrogens is 2. The molecule has 0 aliphatic rings. The lowest BCUT2D eigenvalue weighted by Crippen LogP contribution is -2.32. The van der Waals surface area contributed by atoms with Gasteiger partial charge in [-0.3, -0.25) is 4.79 Å². The van der Waals surface area contributed by atoms with Crippen LogP contribution >= 0.6 is 0 Å². The minimum atomic E-state index is -0.667. The Hall–Kier alpha value is -4.01. The Morgan fingerprint density at radius 2 is 1.97 bits per heavy atom. The molecule has 0 aliphatic carbocycles. The molecule has 4 aromatic rings. The Kier molecular flexibility index (Phi) is 4.55. The molecule has 29 heavy (non-hydrogen) atoms. The highest BCUT2D eigenvalue weighted by molar-refractivity contribution is 6.04. The Labute approximate surface area is 163 Å². The van der Waals surface area contributed by atoms with Gasteiger partial charge in [-0.25, -0.2) is 4.79 Å². The predicted octanol–water partition coefficient (Wildman–Crippen LogP) is 2.17. The van der Waals surface area contributed by atoms with Gasteiger partial charge in [0.15, 0.2) is 11.5 Å². The first kappa shape index (κ1) is 18.4. The van der Waals surface area contributed by atoms with Crippen LogP contribution in [0.4, 0.5) is 0 Å². The van der Waals surface area contributed by atoms with E-state index >= 15 is 0 Å². The SMILES string of the molecule is CCOc1cc(/C=N/n2c(=O)[nH]c3c([nH]c4cc(OC)ccc43)c2=O)ccc1O. The molecule has 0 amide bonds. The van der Waals surface area contributed by atoms with Crippen LogP contribution in [-0.2, 0) is 0 Å². The van der Waals surface area contributed by atoms with Gasteiger partial charge in [-0.1, -0.05) is 0 Å². The van der Waals surface area contributed by atoms with Gasteiger partial charge in [0.2, 0.25) is 0 Å². The van der Waals surface area contributed by atoms with Crippen LogP contribution in [0.5, 0.6) is 17.2 Å². The maximum atomic E-state index is 12.8. The summed E-state index contributed by atoms with van der Waals surface area (Å²) in [5.74, 6) is 0.911. The topological polar surface area (TPSA) is 122 Å². The summed E-state index contributed by atoms with van der Waals surface area (Å²) in [6.45, 7) is 2.18. The second-order valence-electron chi connectivity index (χ2n) is 6.24. The number of methoxy groups -OCH3 is 1. The molecule has 0 saturated heterocycles. The van der Waals surface area contributed by atoms with E-state index in [9.17, 15) is 14.7 Å². The van der Waals surface area contributed by atoms with Crippen LogP contribution in [0.25, 0.3) is 21.9 Å². The zero-order valence-electron chi connectivity index (χ0n) is 15.7. The highest BCUT2D eigenvalue weighted by atomic mass is 16.5. The summed E-state index contributed by atoms with van der Waals surface area (Å²) in [5, 5.41) is 14.5. The largest absolute Gasteiger partial charge is 0.504 e. The van der Waals surface area contributed by atoms with E-state index in [1.807, 2.05) is 0 Å². The van der Waals surface area contributed by atoms with E-state index in [1.165, 1.54) is 12.3 Å². The van der Waals surface area contributed by atoms with Gasteiger partial charge < -0.3 is 24.5 Å². The van der Waals surface area contributed by atoms with E-state index in [1.54, 1.807) is 44.4 Å². The van der Waals surface area contributed by atoms with Crippen molar-refractivity contribution in [2.75, 3.05) is 13.7 Å². The fourth-order valence-corrected chi connectivity index (χ4v) is 3.06. The molecule has 0 bridgehead atoms. The minimum absolute atomic E-state index is 0.00561. The van der Waals surface area contributed by atoms with Crippen molar-refractivity contribution in [3.05, 3.63) is 62.8 Å². The summed E-state index contributed by atoms with van der Waals surface area (Å²) in [7, 11) is 1.55. The lowest BCUT2D eigenvalue weighted by atomic mass is 10.2. The smallest absolute Gasteiger partial charge is 0.350 e. The Balaban J connectivity index is 1.81. The molecule has 148 valence electrons. The number of hydrogen-bond donors (Lipinski definition) is 3. The Bertz CT molecular complexity index is 1360. The number of phenolic OH excluding ortho intramolecular Hbond substituents is 1. The maximum Gasteiger partial charge on any atom is 0.350 e. The molecule has 0 radical (unpaired) electrons. The van der Waals surface area contributed by atoms with Crippen molar-refractivity contribution in [1.82, 2.24) is 14.6 Å². The molecule has 0 unspecified atom stereocenters. The van der Waals surface area contributed by atoms with Gasteiger partial charge in [0.1, 0.15) is 11.3 Å². The predicted molar refractivity (Wildman–Crippen MR) is 110 cm³/mol. The lowest BCUT2D eigenvalue weighted by Gasteiger charge is -2.06. The number of nitrogens with zero attached hydrogens (tertiary/aromatic N) is 2. The highest BCUT2D eigenvalue weighted by Gasteiger charge is 2.13. The third-order valence-electron chi connectivity index (χ3n) is 4.44. The molecule has 3 N–H and O–H groups in total. The van der Waals surface area contributed by atoms with Gasteiger partial charge in [-0.2, -0.15) is 5.10 Å². The van der Waals surface area contributed by atoms with Crippen LogP contribution in [0.3, 0.4) is 0 Å². The van der Waals surface area contributed by atoms with Crippen LogP contribution < -0.4 is 20.7 Å². The van der Waals surface area contributed by atoms with E-state index in [4.69, 9.17) is 9.47 Å². The third kappa shape index (κ3) is 3.22. The number of fused-ring (bicyclic) bond motifs is 3. The molecule has 0 spiro atoms. The molecular formula is C20H18N4O5. The van der Waals surface area contributed by atoms with Crippen molar-refractivity contribution >= 4 is 28.2 Å². The van der Waals surface area contributed by atoms with Gasteiger partial charge >= 0.3 is 11.2 Å². The summed E-state index contributed by atoms with van der Waals surface area (Å²) >= 11 is 0. The fourth-order valence-electron chi connectivity index (χ4n) is 3.06. The first-order valence-corrected chi connectivity index (χ1v) is 8.86. The summed E-state index contributed by atoms with van der Waals surface area (Å²) < 4.78 is 11.3. The first-order chi connectivity index (χ1) is 14.0. The molecule has 0 aliphatic heterocycles. The fraction of sp³-hybridized carbons (Fsp3) is 0.150. The molecule has 4 rings (SSSR count). The number of nitrogens with one attached hydrogen (secondary N) is 2. The second kappa shape index (κ2) is 7.19. The molecular weight excluding hydrogens is 376 g/mol. The molecule has 0 saturated carbocycles. The Morgan fingerprint density at radius 3 is 2.72 bits per heavy atom. The van der Waals surface area contributed by atoms with E-state index < -0.39 is 11.2 Å². The number of aromatic hydroxyl groups is 1. The number of phenols is 1. The van der Waals surface area contributed by atoms with Gasteiger partial charge in [-0.15, -0.1) is 4.68 Å². The number of aromatic nitrogens is 3. The number of rotatable bonds is 5. The van der Waals surface area contributed by atoms with Crippen molar-refractivity contribution in [1.29, 1.82) is 0 Å². The van der Waals surface area contributed by atoms with Crippen LogP contribution in [0.15, 0.2) is 51.1 Å². The summed E-state index contributed by atoms with van der Waals surface area (Å²) in [6.07, 6.45) is 1.34. The van der Waals surface area contributed by atoms with E-state index in [2.05, 4.69) is 15.1 Å². The van der Waals surface area contributed by atoms with Crippen molar-refractivity contribution in [2.45, 2.75) is 6.92 Å².